The van der Waals surface area contributed by atoms with E-state index in [0.717, 1.165) is 49.1 Å². The molecule has 2 aliphatic rings. The topological polar surface area (TPSA) is 81.8 Å². The largest absolute Gasteiger partial charge is 0.397 e. The van der Waals surface area contributed by atoms with Gasteiger partial charge in [0.2, 0.25) is 0 Å². The number of hydrogen-bond donors (Lipinski definition) is 3. The highest BCUT2D eigenvalue weighted by Gasteiger charge is 2.21. The van der Waals surface area contributed by atoms with Gasteiger partial charge in [0.1, 0.15) is 17.3 Å². The quantitative estimate of drug-likeness (QED) is 0.557. The predicted molar refractivity (Wildman–Crippen MR) is 111 cm³/mol. The third-order valence-corrected chi connectivity index (χ3v) is 5.06. The Morgan fingerprint density at radius 3 is 2.82 bits per heavy atom. The second kappa shape index (κ2) is 7.75. The molecule has 1 fully saturated rings. The van der Waals surface area contributed by atoms with Gasteiger partial charge < -0.3 is 20.9 Å². The van der Waals surface area contributed by atoms with Crippen LogP contribution >= 0.6 is 0 Å². The van der Waals surface area contributed by atoms with Crippen molar-refractivity contribution in [2.75, 3.05) is 48.7 Å². The van der Waals surface area contributed by atoms with Crippen LogP contribution in [0.4, 0.5) is 21.5 Å². The molecule has 0 bridgehead atoms. The van der Waals surface area contributed by atoms with Crippen molar-refractivity contribution < 1.29 is 4.39 Å². The van der Waals surface area contributed by atoms with Crippen LogP contribution in [0.15, 0.2) is 54.0 Å². The first-order chi connectivity index (χ1) is 13.6. The SMILES string of the molecule is C=C(N/N=C1/CCNc2cc(F)cnc21)N1CCN(c2ccccc2N)CC1. The number of piperazine rings is 1. The average molecular weight is 381 g/mol. The van der Waals surface area contributed by atoms with Crippen molar-refractivity contribution in [2.45, 2.75) is 6.42 Å². The maximum absolute atomic E-state index is 13.4. The third-order valence-electron chi connectivity index (χ3n) is 5.06. The molecule has 4 N–H and O–H groups in total. The number of benzene rings is 1. The van der Waals surface area contributed by atoms with Gasteiger partial charge in [0.05, 0.1) is 29.0 Å². The minimum atomic E-state index is -0.359. The predicted octanol–water partition coefficient (Wildman–Crippen LogP) is 2.21. The molecule has 1 saturated heterocycles. The van der Waals surface area contributed by atoms with E-state index in [0.29, 0.717) is 24.3 Å². The van der Waals surface area contributed by atoms with Gasteiger partial charge in [-0.15, -0.1) is 0 Å². The van der Waals surface area contributed by atoms with Crippen molar-refractivity contribution in [3.05, 3.63) is 60.4 Å². The zero-order chi connectivity index (χ0) is 19.5. The number of para-hydroxylation sites is 2. The van der Waals surface area contributed by atoms with Crippen LogP contribution in [-0.2, 0) is 0 Å². The monoisotopic (exact) mass is 381 g/mol. The highest BCUT2D eigenvalue weighted by Crippen LogP contribution is 2.24. The normalized spacial score (nSPS) is 17.8. The molecular formula is C20H24FN7. The highest BCUT2D eigenvalue weighted by molar-refractivity contribution is 6.04. The Labute approximate surface area is 163 Å². The zero-order valence-electron chi connectivity index (χ0n) is 15.7. The molecule has 4 rings (SSSR count). The summed E-state index contributed by atoms with van der Waals surface area (Å²) >= 11 is 0. The molecule has 1 aromatic heterocycles. The van der Waals surface area contributed by atoms with E-state index >= 15 is 0 Å². The van der Waals surface area contributed by atoms with Crippen molar-refractivity contribution in [3.63, 3.8) is 0 Å². The van der Waals surface area contributed by atoms with Crippen molar-refractivity contribution in [1.82, 2.24) is 15.3 Å². The van der Waals surface area contributed by atoms with Crippen molar-refractivity contribution in [3.8, 4) is 0 Å². The lowest BCUT2D eigenvalue weighted by Gasteiger charge is -2.38. The number of nitrogens with two attached hydrogens (primary N) is 1. The number of hydrazone groups is 1. The molecule has 28 heavy (non-hydrogen) atoms. The lowest BCUT2D eigenvalue weighted by molar-refractivity contribution is 0.303. The average Bonchev–Trinajstić information content (AvgIpc) is 2.72. The molecule has 0 radical (unpaired) electrons. The second-order valence-electron chi connectivity index (χ2n) is 6.88. The van der Waals surface area contributed by atoms with Gasteiger partial charge in [0.25, 0.3) is 0 Å². The first kappa shape index (κ1) is 18.1. The summed E-state index contributed by atoms with van der Waals surface area (Å²) < 4.78 is 13.4. The van der Waals surface area contributed by atoms with Crippen LogP contribution < -0.4 is 21.4 Å². The van der Waals surface area contributed by atoms with Crippen LogP contribution in [0, 0.1) is 5.82 Å². The summed E-state index contributed by atoms with van der Waals surface area (Å²) in [4.78, 5) is 8.62. The van der Waals surface area contributed by atoms with Gasteiger partial charge in [-0.05, 0) is 12.1 Å². The van der Waals surface area contributed by atoms with Crippen molar-refractivity contribution >= 4 is 22.8 Å². The zero-order valence-corrected chi connectivity index (χ0v) is 15.7. The molecule has 2 aromatic rings. The molecule has 0 spiro atoms. The summed E-state index contributed by atoms with van der Waals surface area (Å²) in [6, 6.07) is 9.37. The number of pyridine rings is 1. The van der Waals surface area contributed by atoms with E-state index in [-0.39, 0.29) is 5.82 Å². The Hall–Kier alpha value is -3.29. The molecule has 7 nitrogen and oxygen atoms in total. The van der Waals surface area contributed by atoms with Crippen LogP contribution in [0.3, 0.4) is 0 Å². The summed E-state index contributed by atoms with van der Waals surface area (Å²) in [5.41, 5.74) is 13.2. The van der Waals surface area contributed by atoms with Crippen molar-refractivity contribution in [2.24, 2.45) is 5.10 Å². The van der Waals surface area contributed by atoms with E-state index in [1.54, 1.807) is 0 Å². The van der Waals surface area contributed by atoms with Crippen LogP contribution in [-0.4, -0.2) is 48.3 Å². The fourth-order valence-corrected chi connectivity index (χ4v) is 3.54. The second-order valence-corrected chi connectivity index (χ2v) is 6.88. The van der Waals surface area contributed by atoms with Gasteiger partial charge in [-0.3, -0.25) is 5.43 Å². The molecule has 2 aliphatic heterocycles. The molecule has 3 heterocycles. The molecule has 0 aliphatic carbocycles. The maximum Gasteiger partial charge on any atom is 0.143 e. The van der Waals surface area contributed by atoms with Crippen LogP contribution in [0.2, 0.25) is 0 Å². The summed E-state index contributed by atoms with van der Waals surface area (Å²) in [6.45, 7) is 8.19. The Kier molecular flexibility index (Phi) is 5.01. The minimum absolute atomic E-state index is 0.359. The Morgan fingerprint density at radius 2 is 2.04 bits per heavy atom. The first-order valence-electron chi connectivity index (χ1n) is 9.37. The summed E-state index contributed by atoms with van der Waals surface area (Å²) in [5, 5.41) is 7.64. The van der Waals surface area contributed by atoms with E-state index in [1.807, 2.05) is 18.2 Å². The number of hydrogen-bond acceptors (Lipinski definition) is 7. The fraction of sp³-hybridized carbons (Fsp3) is 0.300. The number of halogens is 1. The molecule has 0 amide bonds. The van der Waals surface area contributed by atoms with Gasteiger partial charge in [-0.25, -0.2) is 9.37 Å². The Balaban J connectivity index is 1.37. The Bertz CT molecular complexity index is 903. The smallest absolute Gasteiger partial charge is 0.143 e. The van der Waals surface area contributed by atoms with E-state index in [2.05, 4.69) is 43.3 Å². The first-order valence-corrected chi connectivity index (χ1v) is 9.37. The van der Waals surface area contributed by atoms with Gasteiger partial charge in [-0.1, -0.05) is 18.7 Å². The lowest BCUT2D eigenvalue weighted by Crippen LogP contribution is -2.47. The lowest BCUT2D eigenvalue weighted by atomic mass is 10.1. The molecule has 0 saturated carbocycles. The number of nitrogens with one attached hydrogen (secondary N) is 2. The van der Waals surface area contributed by atoms with Gasteiger partial charge in [-0.2, -0.15) is 5.10 Å². The number of rotatable bonds is 4. The standard InChI is InChI=1S/C20H24FN7/c1-14(25-26-17-6-7-23-18-12-15(21)13-24-20(17)18)27-8-10-28(11-9-27)19-5-3-2-4-16(19)22/h2-5,12-13,23,25H,1,6-11,22H2/b26-17-. The third kappa shape index (κ3) is 3.71. The van der Waals surface area contributed by atoms with E-state index in [1.165, 1.54) is 12.3 Å². The van der Waals surface area contributed by atoms with Crippen LogP contribution in [0.25, 0.3) is 0 Å². The van der Waals surface area contributed by atoms with E-state index < -0.39 is 0 Å². The minimum Gasteiger partial charge on any atom is -0.397 e. The number of anilines is 3. The maximum atomic E-state index is 13.4. The number of nitrogen functional groups attached to an aromatic ring is 1. The molecular weight excluding hydrogens is 357 g/mol. The number of nitrogens with zero attached hydrogens (tertiary/aromatic N) is 4. The fourth-order valence-electron chi connectivity index (χ4n) is 3.54. The van der Waals surface area contributed by atoms with Gasteiger partial charge >= 0.3 is 0 Å². The summed E-state index contributed by atoms with van der Waals surface area (Å²) in [5.74, 6) is 0.386. The molecule has 0 atom stereocenters. The number of fused-ring (bicyclic) bond motifs is 1. The number of aromatic nitrogens is 1. The summed E-state index contributed by atoms with van der Waals surface area (Å²) in [7, 11) is 0. The van der Waals surface area contributed by atoms with E-state index in [4.69, 9.17) is 5.73 Å². The summed E-state index contributed by atoms with van der Waals surface area (Å²) in [6.07, 6.45) is 1.93. The van der Waals surface area contributed by atoms with Crippen LogP contribution in [0.1, 0.15) is 12.1 Å². The molecule has 1 aromatic carbocycles. The van der Waals surface area contributed by atoms with Gasteiger partial charge in [0.15, 0.2) is 0 Å². The Morgan fingerprint density at radius 1 is 1.25 bits per heavy atom. The van der Waals surface area contributed by atoms with E-state index in [9.17, 15) is 4.39 Å². The van der Waals surface area contributed by atoms with Crippen LogP contribution in [0.5, 0.6) is 0 Å². The molecule has 8 heteroatoms. The van der Waals surface area contributed by atoms with Gasteiger partial charge in [0, 0.05) is 45.2 Å². The molecule has 146 valence electrons. The molecule has 0 unspecified atom stereocenters. The highest BCUT2D eigenvalue weighted by atomic mass is 19.1. The van der Waals surface area contributed by atoms with Crippen molar-refractivity contribution in [1.29, 1.82) is 0 Å².